The van der Waals surface area contributed by atoms with Gasteiger partial charge in [0.25, 0.3) is 5.56 Å². The number of nitrogens with one attached hydrogen (secondary N) is 1. The normalized spacial score (nSPS) is 12.2. The first-order valence-corrected chi connectivity index (χ1v) is 10.9. The SMILES string of the molecule is CCn1c(SCC(=O)N[C@H](C)CCc2ccccc2)nc2ccsc2c1=O. The van der Waals surface area contributed by atoms with Gasteiger partial charge in [0.1, 0.15) is 4.70 Å². The number of hydrogen-bond donors (Lipinski definition) is 1. The van der Waals surface area contributed by atoms with Crippen LogP contribution in [0.3, 0.4) is 0 Å². The van der Waals surface area contributed by atoms with Gasteiger partial charge in [0.2, 0.25) is 5.91 Å². The topological polar surface area (TPSA) is 64.0 Å². The minimum atomic E-state index is -0.0390. The van der Waals surface area contributed by atoms with Crippen molar-refractivity contribution in [1.29, 1.82) is 0 Å². The molecule has 0 bridgehead atoms. The van der Waals surface area contributed by atoms with E-state index in [1.807, 2.05) is 43.5 Å². The maximum absolute atomic E-state index is 12.5. The summed E-state index contributed by atoms with van der Waals surface area (Å²) in [4.78, 5) is 29.3. The predicted octanol–water partition coefficient (Wildman–Crippen LogP) is 3.71. The fourth-order valence-electron chi connectivity index (χ4n) is 2.86. The van der Waals surface area contributed by atoms with E-state index in [4.69, 9.17) is 0 Å². The van der Waals surface area contributed by atoms with Gasteiger partial charge in [0.15, 0.2) is 5.16 Å². The lowest BCUT2D eigenvalue weighted by molar-refractivity contribution is -0.119. The zero-order chi connectivity index (χ0) is 19.2. The fourth-order valence-corrected chi connectivity index (χ4v) is 4.51. The molecule has 0 aliphatic carbocycles. The van der Waals surface area contributed by atoms with E-state index in [9.17, 15) is 9.59 Å². The summed E-state index contributed by atoms with van der Waals surface area (Å²) in [5.41, 5.74) is 1.94. The predicted molar refractivity (Wildman–Crippen MR) is 113 cm³/mol. The first-order chi connectivity index (χ1) is 13.1. The van der Waals surface area contributed by atoms with Crippen LogP contribution in [0.2, 0.25) is 0 Å². The van der Waals surface area contributed by atoms with Crippen LogP contribution in [0.15, 0.2) is 51.7 Å². The largest absolute Gasteiger partial charge is 0.353 e. The van der Waals surface area contributed by atoms with E-state index in [0.29, 0.717) is 21.9 Å². The molecule has 7 heteroatoms. The summed E-state index contributed by atoms with van der Waals surface area (Å²) in [6.45, 7) is 4.47. The van der Waals surface area contributed by atoms with Crippen LogP contribution in [-0.2, 0) is 17.8 Å². The van der Waals surface area contributed by atoms with E-state index in [0.717, 1.165) is 12.8 Å². The Bertz CT molecular complexity index is 966. The Balaban J connectivity index is 1.56. The van der Waals surface area contributed by atoms with Gasteiger partial charge < -0.3 is 5.32 Å². The number of fused-ring (bicyclic) bond motifs is 1. The molecule has 27 heavy (non-hydrogen) atoms. The second-order valence-corrected chi connectivity index (χ2v) is 8.22. The Kier molecular flexibility index (Phi) is 6.68. The Morgan fingerprint density at radius 3 is 2.81 bits per heavy atom. The van der Waals surface area contributed by atoms with Crippen molar-refractivity contribution in [3.8, 4) is 0 Å². The molecule has 142 valence electrons. The first kappa shape index (κ1) is 19.6. The lowest BCUT2D eigenvalue weighted by Gasteiger charge is -2.14. The van der Waals surface area contributed by atoms with Crippen LogP contribution in [-0.4, -0.2) is 27.3 Å². The number of amides is 1. The zero-order valence-corrected chi connectivity index (χ0v) is 17.1. The Labute approximate surface area is 166 Å². The summed E-state index contributed by atoms with van der Waals surface area (Å²) in [5.74, 6) is 0.209. The van der Waals surface area contributed by atoms with Crippen LogP contribution in [0.4, 0.5) is 0 Å². The smallest absolute Gasteiger partial charge is 0.272 e. The molecular weight excluding hydrogens is 378 g/mol. The number of aryl methyl sites for hydroxylation is 1. The highest BCUT2D eigenvalue weighted by molar-refractivity contribution is 7.99. The molecule has 0 spiro atoms. The van der Waals surface area contributed by atoms with Crippen molar-refractivity contribution >= 4 is 39.2 Å². The molecule has 1 N–H and O–H groups in total. The summed E-state index contributed by atoms with van der Waals surface area (Å²) in [6, 6.07) is 12.2. The highest BCUT2D eigenvalue weighted by Gasteiger charge is 2.14. The van der Waals surface area contributed by atoms with Gasteiger partial charge in [0, 0.05) is 12.6 Å². The quantitative estimate of drug-likeness (QED) is 0.462. The highest BCUT2D eigenvalue weighted by atomic mass is 32.2. The monoisotopic (exact) mass is 401 g/mol. The molecule has 0 unspecified atom stereocenters. The number of thiophene rings is 1. The van der Waals surface area contributed by atoms with Gasteiger partial charge in [0.05, 0.1) is 11.3 Å². The molecule has 3 aromatic rings. The lowest BCUT2D eigenvalue weighted by atomic mass is 10.1. The summed E-state index contributed by atoms with van der Waals surface area (Å²) in [6.07, 6.45) is 1.82. The van der Waals surface area contributed by atoms with Crippen molar-refractivity contribution < 1.29 is 4.79 Å². The Morgan fingerprint density at radius 2 is 2.07 bits per heavy atom. The summed E-state index contributed by atoms with van der Waals surface area (Å²) < 4.78 is 2.30. The molecule has 0 radical (unpaired) electrons. The van der Waals surface area contributed by atoms with Gasteiger partial charge in [-0.3, -0.25) is 14.2 Å². The van der Waals surface area contributed by atoms with Crippen molar-refractivity contribution in [2.75, 3.05) is 5.75 Å². The van der Waals surface area contributed by atoms with Gasteiger partial charge in [-0.15, -0.1) is 11.3 Å². The number of carbonyl (C=O) groups excluding carboxylic acids is 1. The van der Waals surface area contributed by atoms with Crippen LogP contribution in [0, 0.1) is 0 Å². The van der Waals surface area contributed by atoms with Gasteiger partial charge in [-0.2, -0.15) is 0 Å². The average Bonchev–Trinajstić information content (AvgIpc) is 3.14. The standard InChI is InChI=1S/C20H23N3O2S2/c1-3-23-19(25)18-16(11-12-26-18)22-20(23)27-13-17(24)21-14(2)9-10-15-7-5-4-6-8-15/h4-8,11-12,14H,3,9-10,13H2,1-2H3,(H,21,24)/t14-/m1/s1. The molecule has 2 heterocycles. The number of thioether (sulfide) groups is 1. The molecule has 0 fully saturated rings. The minimum Gasteiger partial charge on any atom is -0.353 e. The number of aromatic nitrogens is 2. The van der Waals surface area contributed by atoms with E-state index in [1.165, 1.54) is 28.7 Å². The van der Waals surface area contributed by atoms with Crippen LogP contribution >= 0.6 is 23.1 Å². The van der Waals surface area contributed by atoms with Crippen molar-refractivity contribution in [3.63, 3.8) is 0 Å². The molecule has 5 nitrogen and oxygen atoms in total. The minimum absolute atomic E-state index is 0.0309. The van der Waals surface area contributed by atoms with E-state index >= 15 is 0 Å². The molecule has 0 aliphatic heterocycles. The molecule has 2 aromatic heterocycles. The number of nitrogens with zero attached hydrogens (tertiary/aromatic N) is 2. The average molecular weight is 402 g/mol. The molecular formula is C20H23N3O2S2. The highest BCUT2D eigenvalue weighted by Crippen LogP contribution is 2.20. The van der Waals surface area contributed by atoms with Gasteiger partial charge in [-0.25, -0.2) is 4.98 Å². The van der Waals surface area contributed by atoms with E-state index in [-0.39, 0.29) is 23.3 Å². The third kappa shape index (κ3) is 4.99. The fraction of sp³-hybridized carbons (Fsp3) is 0.350. The summed E-state index contributed by atoms with van der Waals surface area (Å²) >= 11 is 2.72. The number of hydrogen-bond acceptors (Lipinski definition) is 5. The maximum Gasteiger partial charge on any atom is 0.272 e. The van der Waals surface area contributed by atoms with Crippen molar-refractivity contribution in [2.45, 2.75) is 44.4 Å². The first-order valence-electron chi connectivity index (χ1n) is 9.02. The van der Waals surface area contributed by atoms with E-state index in [2.05, 4.69) is 22.4 Å². The molecule has 0 saturated carbocycles. The van der Waals surface area contributed by atoms with Crippen molar-refractivity contribution in [1.82, 2.24) is 14.9 Å². The zero-order valence-electron chi connectivity index (χ0n) is 15.5. The van der Waals surface area contributed by atoms with Crippen LogP contribution < -0.4 is 10.9 Å². The molecule has 1 atom stereocenters. The molecule has 0 aliphatic rings. The second kappa shape index (κ2) is 9.19. The van der Waals surface area contributed by atoms with Crippen LogP contribution in [0.25, 0.3) is 10.2 Å². The van der Waals surface area contributed by atoms with Crippen molar-refractivity contribution in [3.05, 3.63) is 57.7 Å². The van der Waals surface area contributed by atoms with E-state index < -0.39 is 0 Å². The van der Waals surface area contributed by atoms with Crippen LogP contribution in [0.1, 0.15) is 25.8 Å². The third-order valence-electron chi connectivity index (χ3n) is 4.30. The number of benzene rings is 1. The van der Waals surface area contributed by atoms with Gasteiger partial charge in [-0.1, -0.05) is 42.1 Å². The molecule has 1 aromatic carbocycles. The second-order valence-electron chi connectivity index (χ2n) is 6.36. The van der Waals surface area contributed by atoms with E-state index in [1.54, 1.807) is 4.57 Å². The Morgan fingerprint density at radius 1 is 1.30 bits per heavy atom. The van der Waals surface area contributed by atoms with Gasteiger partial charge >= 0.3 is 0 Å². The summed E-state index contributed by atoms with van der Waals surface area (Å²) in [7, 11) is 0. The molecule has 1 amide bonds. The number of rotatable bonds is 8. The molecule has 3 rings (SSSR count). The summed E-state index contributed by atoms with van der Waals surface area (Å²) in [5, 5.41) is 5.50. The lowest BCUT2D eigenvalue weighted by Crippen LogP contribution is -2.34. The molecule has 0 saturated heterocycles. The number of carbonyl (C=O) groups is 1. The van der Waals surface area contributed by atoms with Gasteiger partial charge in [-0.05, 0) is 43.7 Å². The van der Waals surface area contributed by atoms with Crippen LogP contribution in [0.5, 0.6) is 0 Å². The maximum atomic E-state index is 12.5. The Hall–Kier alpha value is -2.12. The third-order valence-corrected chi connectivity index (χ3v) is 6.16. The van der Waals surface area contributed by atoms with Crippen molar-refractivity contribution in [2.24, 2.45) is 0 Å².